The van der Waals surface area contributed by atoms with Gasteiger partial charge >= 0.3 is 0 Å². The summed E-state index contributed by atoms with van der Waals surface area (Å²) < 4.78 is 28.5. The average molecular weight is 247 g/mol. The third-order valence-electron chi connectivity index (χ3n) is 3.70. The number of hydrogen-bond donors (Lipinski definition) is 1. The second kappa shape index (κ2) is 4.32. The summed E-state index contributed by atoms with van der Waals surface area (Å²) in [4.78, 5) is 0. The van der Waals surface area contributed by atoms with Crippen LogP contribution in [0, 0.1) is 11.6 Å². The Bertz CT molecular complexity index is 594. The van der Waals surface area contributed by atoms with Crippen molar-refractivity contribution in [3.8, 4) is 0 Å². The first-order valence-electron chi connectivity index (χ1n) is 6.29. The molecule has 0 aliphatic carbocycles. The van der Waals surface area contributed by atoms with E-state index in [1.54, 1.807) is 24.3 Å². The lowest BCUT2D eigenvalue weighted by Gasteiger charge is -2.15. The fourth-order valence-corrected chi connectivity index (χ4v) is 2.76. The van der Waals surface area contributed by atoms with Gasteiger partial charge in [0, 0.05) is 23.0 Å². The normalized spacial score (nSPS) is 23.7. The molecule has 0 bridgehead atoms. The Morgan fingerprint density at radius 3 is 2.67 bits per heavy atom. The van der Waals surface area contributed by atoms with Gasteiger partial charge in [-0.1, -0.05) is 24.3 Å². The number of benzene rings is 2. The van der Waals surface area contributed by atoms with Gasteiger partial charge in [0.1, 0.15) is 11.6 Å². The van der Waals surface area contributed by atoms with E-state index in [2.05, 4.69) is 5.32 Å². The molecule has 3 heteroatoms. The first kappa shape index (κ1) is 11.6. The summed E-state index contributed by atoms with van der Waals surface area (Å²) in [5.41, 5.74) is 0.193. The maximum atomic E-state index is 14.4. The Kier molecular flexibility index (Phi) is 2.78. The van der Waals surface area contributed by atoms with E-state index in [1.165, 1.54) is 6.07 Å². The largest absolute Gasteiger partial charge is 0.307 e. The zero-order chi connectivity index (χ0) is 12.7. The van der Waals surface area contributed by atoms with E-state index < -0.39 is 11.6 Å². The second-order valence-electron chi connectivity index (χ2n) is 5.00. The van der Waals surface area contributed by atoms with E-state index in [9.17, 15) is 8.78 Å². The topological polar surface area (TPSA) is 12.0 Å². The van der Waals surface area contributed by atoms with E-state index >= 15 is 0 Å². The van der Waals surface area contributed by atoms with Gasteiger partial charge in [0.15, 0.2) is 0 Å². The van der Waals surface area contributed by atoms with Crippen LogP contribution in [0.2, 0.25) is 0 Å². The van der Waals surface area contributed by atoms with Gasteiger partial charge in [0.05, 0.1) is 0 Å². The summed E-state index contributed by atoms with van der Waals surface area (Å²) >= 11 is 0. The van der Waals surface area contributed by atoms with Crippen LogP contribution in [0.5, 0.6) is 0 Å². The highest BCUT2D eigenvalue weighted by Gasteiger charge is 2.27. The van der Waals surface area contributed by atoms with E-state index in [1.807, 2.05) is 6.92 Å². The minimum Gasteiger partial charge on any atom is -0.307 e. The Morgan fingerprint density at radius 2 is 1.94 bits per heavy atom. The predicted octanol–water partition coefficient (Wildman–Crippen LogP) is 3.93. The van der Waals surface area contributed by atoms with Gasteiger partial charge in [0.2, 0.25) is 0 Å². The van der Waals surface area contributed by atoms with Gasteiger partial charge in [-0.25, -0.2) is 8.78 Å². The average Bonchev–Trinajstić information content (AvgIpc) is 2.76. The molecule has 0 amide bonds. The van der Waals surface area contributed by atoms with E-state index in [0.717, 1.165) is 12.8 Å². The minimum atomic E-state index is -0.446. The minimum absolute atomic E-state index is 0.193. The maximum absolute atomic E-state index is 14.4. The summed E-state index contributed by atoms with van der Waals surface area (Å²) in [7, 11) is 0. The van der Waals surface area contributed by atoms with Gasteiger partial charge in [-0.2, -0.15) is 0 Å². The Labute approximate surface area is 105 Å². The molecule has 1 heterocycles. The molecule has 1 fully saturated rings. The summed E-state index contributed by atoms with van der Waals surface area (Å²) in [5.74, 6) is -0.866. The van der Waals surface area contributed by atoms with Crippen LogP contribution in [0.4, 0.5) is 8.78 Å². The van der Waals surface area contributed by atoms with Crippen LogP contribution in [0.25, 0.3) is 10.8 Å². The van der Waals surface area contributed by atoms with E-state index in [4.69, 9.17) is 0 Å². The second-order valence-corrected chi connectivity index (χ2v) is 5.00. The van der Waals surface area contributed by atoms with Gasteiger partial charge in [-0.05, 0) is 31.2 Å². The van der Waals surface area contributed by atoms with Crippen LogP contribution in [-0.4, -0.2) is 6.04 Å². The van der Waals surface area contributed by atoms with Gasteiger partial charge in [-0.15, -0.1) is 0 Å². The molecule has 2 atom stereocenters. The quantitative estimate of drug-likeness (QED) is 0.805. The molecule has 1 aliphatic rings. The summed E-state index contributed by atoms with van der Waals surface area (Å²) in [6.07, 6.45) is 1.74. The summed E-state index contributed by atoms with van der Waals surface area (Å²) in [6.45, 7) is 2.04. The Balaban J connectivity index is 2.17. The SMILES string of the molecule is CC1CCC(c2c(F)cc3ccccc3c2F)N1. The van der Waals surface area contributed by atoms with Crippen LogP contribution in [0.1, 0.15) is 31.4 Å². The maximum Gasteiger partial charge on any atom is 0.138 e. The molecule has 2 unspecified atom stereocenters. The van der Waals surface area contributed by atoms with Crippen LogP contribution in [-0.2, 0) is 0 Å². The zero-order valence-electron chi connectivity index (χ0n) is 10.2. The smallest absolute Gasteiger partial charge is 0.138 e. The standard InChI is InChI=1S/C15H15F2N/c1-9-6-7-13(18-9)14-12(16)8-10-4-2-3-5-11(10)15(14)17/h2-5,8-9,13,18H,6-7H2,1H3. The lowest BCUT2D eigenvalue weighted by molar-refractivity contribution is 0.500. The third kappa shape index (κ3) is 1.79. The molecule has 1 nitrogen and oxygen atoms in total. The van der Waals surface area contributed by atoms with Gasteiger partial charge in [0.25, 0.3) is 0 Å². The molecule has 18 heavy (non-hydrogen) atoms. The fraction of sp³-hybridized carbons (Fsp3) is 0.333. The monoisotopic (exact) mass is 247 g/mol. The molecule has 1 aliphatic heterocycles. The number of halogens is 2. The molecule has 94 valence electrons. The lowest BCUT2D eigenvalue weighted by atomic mass is 9.99. The van der Waals surface area contributed by atoms with Crippen molar-refractivity contribution < 1.29 is 8.78 Å². The number of nitrogens with one attached hydrogen (secondary N) is 1. The molecule has 0 aromatic heterocycles. The molecular weight excluding hydrogens is 232 g/mol. The highest BCUT2D eigenvalue weighted by molar-refractivity contribution is 5.84. The highest BCUT2D eigenvalue weighted by atomic mass is 19.1. The zero-order valence-corrected chi connectivity index (χ0v) is 10.2. The van der Waals surface area contributed by atoms with Crippen LogP contribution in [0.15, 0.2) is 30.3 Å². The number of rotatable bonds is 1. The van der Waals surface area contributed by atoms with Gasteiger partial charge in [-0.3, -0.25) is 0 Å². The first-order valence-corrected chi connectivity index (χ1v) is 6.29. The number of hydrogen-bond acceptors (Lipinski definition) is 1. The van der Waals surface area contributed by atoms with Crippen molar-refractivity contribution in [1.82, 2.24) is 5.32 Å². The molecule has 1 N–H and O–H groups in total. The van der Waals surface area contributed by atoms with Crippen molar-refractivity contribution in [2.24, 2.45) is 0 Å². The Morgan fingerprint density at radius 1 is 1.17 bits per heavy atom. The van der Waals surface area contributed by atoms with Crippen molar-refractivity contribution in [1.29, 1.82) is 0 Å². The lowest BCUT2D eigenvalue weighted by Crippen LogP contribution is -2.22. The van der Waals surface area contributed by atoms with Crippen molar-refractivity contribution in [2.45, 2.75) is 31.8 Å². The summed E-state index contributed by atoms with van der Waals surface area (Å²) in [5, 5.41) is 4.35. The molecular formula is C15H15F2N. The van der Waals surface area contributed by atoms with Crippen LogP contribution >= 0.6 is 0 Å². The van der Waals surface area contributed by atoms with E-state index in [0.29, 0.717) is 16.8 Å². The highest BCUT2D eigenvalue weighted by Crippen LogP contribution is 2.33. The molecule has 1 saturated heterocycles. The molecule has 0 spiro atoms. The Hall–Kier alpha value is -1.48. The molecule has 2 aromatic carbocycles. The van der Waals surface area contributed by atoms with E-state index in [-0.39, 0.29) is 11.6 Å². The first-order chi connectivity index (χ1) is 8.66. The molecule has 0 radical (unpaired) electrons. The molecule has 3 rings (SSSR count). The number of fused-ring (bicyclic) bond motifs is 1. The predicted molar refractivity (Wildman–Crippen MR) is 68.4 cm³/mol. The van der Waals surface area contributed by atoms with Gasteiger partial charge < -0.3 is 5.32 Å². The van der Waals surface area contributed by atoms with Crippen LogP contribution < -0.4 is 5.32 Å². The molecule has 0 saturated carbocycles. The van der Waals surface area contributed by atoms with Crippen molar-refractivity contribution >= 4 is 10.8 Å². The third-order valence-corrected chi connectivity index (χ3v) is 3.70. The van der Waals surface area contributed by atoms with Crippen molar-refractivity contribution in [3.05, 3.63) is 47.5 Å². The van der Waals surface area contributed by atoms with Crippen molar-refractivity contribution in [3.63, 3.8) is 0 Å². The fourth-order valence-electron chi connectivity index (χ4n) is 2.76. The molecule has 2 aromatic rings. The van der Waals surface area contributed by atoms with Crippen molar-refractivity contribution in [2.75, 3.05) is 0 Å². The van der Waals surface area contributed by atoms with Crippen LogP contribution in [0.3, 0.4) is 0 Å². The summed E-state index contributed by atoms with van der Waals surface area (Å²) in [6, 6.07) is 8.54.